The smallest absolute Gasteiger partial charge is 0.384 e. The maximum absolute atomic E-state index is 15.5. The molecule has 3 amide bonds. The van der Waals surface area contributed by atoms with E-state index in [1.54, 1.807) is 0 Å². The minimum Gasteiger partial charge on any atom is -0.384 e. The molecule has 4 rings (SSSR count). The van der Waals surface area contributed by atoms with Crippen molar-refractivity contribution in [3.05, 3.63) is 61.8 Å². The van der Waals surface area contributed by atoms with Crippen molar-refractivity contribution in [2.45, 2.75) is 88.3 Å². The monoisotopic (exact) mass is 859 g/mol. The number of halogens is 8. The van der Waals surface area contributed by atoms with Crippen LogP contribution in [0.2, 0.25) is 5.02 Å². The molecule has 0 saturated heterocycles. The van der Waals surface area contributed by atoms with Crippen molar-refractivity contribution in [2.75, 3.05) is 0 Å². The summed E-state index contributed by atoms with van der Waals surface area (Å²) in [7, 11) is 0. The average molecular weight is 860 g/mol. The van der Waals surface area contributed by atoms with Crippen LogP contribution in [0.4, 0.5) is 30.7 Å². The number of benzene rings is 1. The molecular formula is C32H33ClF7N7O5S3. The summed E-state index contributed by atoms with van der Waals surface area (Å²) in [6.07, 6.45) is -12.6. The van der Waals surface area contributed by atoms with Crippen molar-refractivity contribution in [2.24, 2.45) is 5.73 Å². The molecule has 4 aromatic rings. The molecule has 7 N–H and O–H groups in total. The van der Waals surface area contributed by atoms with Crippen LogP contribution in [0, 0.1) is 5.82 Å². The van der Waals surface area contributed by atoms with E-state index in [4.69, 9.17) is 17.3 Å². The molecule has 6 atom stereocenters. The van der Waals surface area contributed by atoms with Gasteiger partial charge in [0, 0.05) is 41.7 Å². The van der Waals surface area contributed by atoms with Gasteiger partial charge in [-0.1, -0.05) is 11.6 Å². The minimum atomic E-state index is -4.57. The molecule has 3 aromatic heterocycles. The zero-order valence-electron chi connectivity index (χ0n) is 28.5. The molecule has 0 aliphatic heterocycles. The summed E-state index contributed by atoms with van der Waals surface area (Å²) in [6.45, 7) is 2.59. The van der Waals surface area contributed by atoms with Crippen molar-refractivity contribution >= 4 is 63.3 Å². The van der Waals surface area contributed by atoms with E-state index < -0.39 is 97.9 Å². The van der Waals surface area contributed by atoms with Crippen molar-refractivity contribution < 1.29 is 55.3 Å². The van der Waals surface area contributed by atoms with Crippen LogP contribution in [-0.2, 0) is 9.59 Å². The predicted octanol–water partition coefficient (Wildman–Crippen LogP) is 6.07. The normalized spacial score (nSPS) is 15.4. The number of carbonyl (C=O) groups excluding carboxylic acids is 3. The third-order valence-electron chi connectivity index (χ3n) is 7.81. The molecule has 55 heavy (non-hydrogen) atoms. The first-order valence-electron chi connectivity index (χ1n) is 16.1. The number of nitrogens with two attached hydrogens (primary N) is 1. The Hall–Kier alpha value is -3.80. The van der Waals surface area contributed by atoms with Gasteiger partial charge < -0.3 is 31.9 Å². The predicted molar refractivity (Wildman–Crippen MR) is 191 cm³/mol. The Morgan fingerprint density at radius 1 is 0.836 bits per heavy atom. The summed E-state index contributed by atoms with van der Waals surface area (Å²) in [5.41, 5.74) is 5.50. The van der Waals surface area contributed by atoms with Crippen LogP contribution < -0.4 is 21.7 Å². The lowest BCUT2D eigenvalue weighted by molar-refractivity contribution is -0.140. The summed E-state index contributed by atoms with van der Waals surface area (Å²) in [5, 5.41) is 30.0. The number of aliphatic hydroxyl groups excluding tert-OH is 2. The molecule has 1 aromatic carbocycles. The summed E-state index contributed by atoms with van der Waals surface area (Å²) in [5.74, 6) is -3.34. The number of hydrogen-bond donors (Lipinski definition) is 6. The molecule has 2 unspecified atom stereocenters. The first-order valence-corrected chi connectivity index (χ1v) is 19.0. The van der Waals surface area contributed by atoms with Crippen molar-refractivity contribution in [1.29, 1.82) is 0 Å². The highest BCUT2D eigenvalue weighted by Gasteiger charge is 2.35. The number of rotatable bonds is 16. The molecule has 0 aliphatic carbocycles. The maximum atomic E-state index is 15.5. The van der Waals surface area contributed by atoms with E-state index in [9.17, 15) is 50.9 Å². The Labute approximate surface area is 325 Å². The molecule has 0 aliphatic rings. The Kier molecular flexibility index (Phi) is 14.7. The Morgan fingerprint density at radius 3 is 2.00 bits per heavy atom. The largest absolute Gasteiger partial charge is 0.389 e. The van der Waals surface area contributed by atoms with Gasteiger partial charge in [-0.2, -0.15) is 26.3 Å². The fourth-order valence-electron chi connectivity index (χ4n) is 4.89. The molecule has 23 heteroatoms. The van der Waals surface area contributed by atoms with Gasteiger partial charge in [-0.25, -0.2) is 19.3 Å². The Morgan fingerprint density at radius 2 is 1.44 bits per heavy atom. The van der Waals surface area contributed by atoms with E-state index in [-0.39, 0.29) is 40.9 Å². The lowest BCUT2D eigenvalue weighted by Crippen LogP contribution is -2.49. The van der Waals surface area contributed by atoms with E-state index >= 15 is 4.39 Å². The number of alkyl halides is 6. The topological polar surface area (TPSA) is 192 Å². The second-order valence-electron chi connectivity index (χ2n) is 12.2. The van der Waals surface area contributed by atoms with Crippen LogP contribution in [0.25, 0.3) is 21.0 Å². The second kappa shape index (κ2) is 18.4. The van der Waals surface area contributed by atoms with E-state index in [2.05, 4.69) is 30.9 Å². The Balaban J connectivity index is 1.45. The number of aromatic nitrogens is 3. The zero-order chi connectivity index (χ0) is 40.8. The maximum Gasteiger partial charge on any atom is 0.389 e. The molecule has 3 heterocycles. The minimum absolute atomic E-state index is 0.00443. The standard InChI is InChI=1S/C32H33ClF7N7O5S3/c1-13(41)25(50)46-20(4-6-32(38,39)40)24(49)30-44-11-21(54-30)15-10-18(34)16(9-17(15)33)28-43-12-22(55-28)27(52)45-14(2)26(51)47-19(3-5-31(35,36)37)23(48)29-42-7-8-53-29/h7-14,19-20,23-24,48-49H,3-6,41H2,1-2H3,(H,45,52)(H,46,50)(H,47,51)/t13-,14-,19-,20-,23?,24?/m0/s1. The molecule has 0 fully saturated rings. The van der Waals surface area contributed by atoms with E-state index in [1.165, 1.54) is 37.7 Å². The third kappa shape index (κ3) is 12.3. The van der Waals surface area contributed by atoms with Gasteiger partial charge in [0.05, 0.1) is 34.2 Å². The lowest BCUT2D eigenvalue weighted by Gasteiger charge is -2.25. The number of aliphatic hydroxyl groups is 2. The molecule has 300 valence electrons. The summed E-state index contributed by atoms with van der Waals surface area (Å²) in [6, 6.07) is -2.89. The number of thiazole rings is 3. The van der Waals surface area contributed by atoms with Gasteiger partial charge in [0.25, 0.3) is 5.91 Å². The number of carbonyl (C=O) groups is 3. The van der Waals surface area contributed by atoms with Gasteiger partial charge in [0.2, 0.25) is 11.8 Å². The number of nitrogens with one attached hydrogen (secondary N) is 3. The Bertz CT molecular complexity index is 1940. The lowest BCUT2D eigenvalue weighted by atomic mass is 10.0. The van der Waals surface area contributed by atoms with Gasteiger partial charge in [-0.15, -0.1) is 34.0 Å². The quantitative estimate of drug-likeness (QED) is 0.0726. The first-order chi connectivity index (χ1) is 25.6. The zero-order valence-corrected chi connectivity index (χ0v) is 31.7. The highest BCUT2D eigenvalue weighted by atomic mass is 35.5. The SMILES string of the molecule is C[C@H](N)C(=O)N[C@@H](CCC(F)(F)F)C(O)c1ncc(-c2cc(F)c(-c3ncc(C(=O)N[C@@H](C)C(=O)N[C@@H](CCC(F)(F)F)C(O)c4nccs4)s3)cc2Cl)s1. The fourth-order valence-corrected chi connectivity index (χ4v) is 7.73. The average Bonchev–Trinajstić information content (AvgIpc) is 3.90. The van der Waals surface area contributed by atoms with Gasteiger partial charge >= 0.3 is 12.4 Å². The molecule has 0 bridgehead atoms. The van der Waals surface area contributed by atoms with Gasteiger partial charge in [0.15, 0.2) is 0 Å². The van der Waals surface area contributed by atoms with Crippen molar-refractivity contribution in [1.82, 2.24) is 30.9 Å². The van der Waals surface area contributed by atoms with Crippen LogP contribution in [0.3, 0.4) is 0 Å². The van der Waals surface area contributed by atoms with Crippen LogP contribution in [0.5, 0.6) is 0 Å². The van der Waals surface area contributed by atoms with Crippen molar-refractivity contribution in [3.8, 4) is 21.0 Å². The van der Waals surface area contributed by atoms with Gasteiger partial charge in [-0.3, -0.25) is 14.4 Å². The summed E-state index contributed by atoms with van der Waals surface area (Å²) in [4.78, 5) is 50.2. The van der Waals surface area contributed by atoms with Gasteiger partial charge in [0.1, 0.15) is 44.0 Å². The van der Waals surface area contributed by atoms with Crippen LogP contribution in [-0.4, -0.2) is 79.4 Å². The molecule has 0 saturated carbocycles. The number of nitrogens with zero attached hydrogens (tertiary/aromatic N) is 3. The highest BCUT2D eigenvalue weighted by molar-refractivity contribution is 7.17. The van der Waals surface area contributed by atoms with E-state index in [1.807, 2.05) is 0 Å². The second-order valence-corrected chi connectivity index (χ2v) is 15.6. The van der Waals surface area contributed by atoms with Gasteiger partial charge in [-0.05, 0) is 38.8 Å². The molecule has 0 radical (unpaired) electrons. The molecule has 12 nitrogen and oxygen atoms in total. The molecule has 0 spiro atoms. The van der Waals surface area contributed by atoms with E-state index in [0.29, 0.717) is 0 Å². The fraction of sp³-hybridized carbons (Fsp3) is 0.438. The van der Waals surface area contributed by atoms with Crippen LogP contribution in [0.1, 0.15) is 71.4 Å². The summed E-state index contributed by atoms with van der Waals surface area (Å²) < 4.78 is 93.2. The highest BCUT2D eigenvalue weighted by Crippen LogP contribution is 2.40. The van der Waals surface area contributed by atoms with Crippen LogP contribution >= 0.6 is 45.6 Å². The number of hydrogen-bond acceptors (Lipinski definition) is 12. The summed E-state index contributed by atoms with van der Waals surface area (Å²) >= 11 is 9.00. The number of amides is 3. The first kappa shape index (κ1) is 43.9. The molecular weight excluding hydrogens is 827 g/mol. The van der Waals surface area contributed by atoms with Crippen LogP contribution in [0.15, 0.2) is 36.1 Å². The van der Waals surface area contributed by atoms with Crippen molar-refractivity contribution in [3.63, 3.8) is 0 Å². The third-order valence-corrected chi connectivity index (χ3v) is 11.1. The van der Waals surface area contributed by atoms with E-state index in [0.717, 1.165) is 46.3 Å².